The molecule has 0 aliphatic rings. The van der Waals surface area contributed by atoms with Gasteiger partial charge >= 0.3 is 6.18 Å². The fourth-order valence-electron chi connectivity index (χ4n) is 1.30. The number of alkyl halides is 3. The summed E-state index contributed by atoms with van der Waals surface area (Å²) in [6, 6.07) is -0.462. The minimum absolute atomic E-state index is 0. The molecule has 0 saturated heterocycles. The quantitative estimate of drug-likeness (QED) is 0.863. The van der Waals surface area contributed by atoms with Crippen molar-refractivity contribution in [3.63, 3.8) is 0 Å². The first-order valence-electron chi connectivity index (χ1n) is 5.35. The molecule has 0 aliphatic heterocycles. The highest BCUT2D eigenvalue weighted by Crippen LogP contribution is 2.20. The molecule has 1 rings (SSSR count). The second kappa shape index (κ2) is 6.74. The van der Waals surface area contributed by atoms with Crippen LogP contribution in [0.25, 0.3) is 0 Å². The van der Waals surface area contributed by atoms with Crippen molar-refractivity contribution < 1.29 is 21.6 Å². The second-order valence-corrected chi connectivity index (χ2v) is 6.09. The molecule has 1 atom stereocenters. The Morgan fingerprint density at radius 3 is 2.50 bits per heavy atom. The molecule has 0 saturated carbocycles. The highest BCUT2D eigenvalue weighted by atomic mass is 35.5. The highest BCUT2D eigenvalue weighted by Gasteiger charge is 2.30. The smallest absolute Gasteiger partial charge is 0.329 e. The monoisotopic (exact) mass is 336 g/mol. The van der Waals surface area contributed by atoms with E-state index in [-0.39, 0.29) is 23.8 Å². The van der Waals surface area contributed by atoms with Gasteiger partial charge in [-0.25, -0.2) is 8.42 Å². The van der Waals surface area contributed by atoms with Gasteiger partial charge in [0.15, 0.2) is 0 Å². The van der Waals surface area contributed by atoms with Crippen molar-refractivity contribution in [2.75, 3.05) is 13.6 Å². The van der Waals surface area contributed by atoms with E-state index in [2.05, 4.69) is 5.10 Å². The van der Waals surface area contributed by atoms with Crippen LogP contribution in [0.2, 0.25) is 0 Å². The van der Waals surface area contributed by atoms with E-state index in [1.54, 1.807) is 6.92 Å². The SMILES string of the molecule is CC(CN)N(C)S(=O)(=O)c1cnn(CC(F)(F)F)c1.Cl. The van der Waals surface area contributed by atoms with Crippen LogP contribution >= 0.6 is 12.4 Å². The number of aromatic nitrogens is 2. The highest BCUT2D eigenvalue weighted by molar-refractivity contribution is 7.89. The largest absolute Gasteiger partial charge is 0.408 e. The average Bonchev–Trinajstić information content (AvgIpc) is 2.73. The predicted octanol–water partition coefficient (Wildman–Crippen LogP) is 0.835. The zero-order valence-electron chi connectivity index (χ0n) is 10.8. The van der Waals surface area contributed by atoms with Gasteiger partial charge in [-0.15, -0.1) is 12.4 Å². The molecule has 0 aromatic carbocycles. The third-order valence-electron chi connectivity index (χ3n) is 2.59. The molecule has 1 aromatic heterocycles. The van der Waals surface area contributed by atoms with Gasteiger partial charge in [-0.2, -0.15) is 22.6 Å². The molecule has 11 heteroatoms. The first-order chi connectivity index (χ1) is 8.58. The van der Waals surface area contributed by atoms with Gasteiger partial charge < -0.3 is 5.73 Å². The van der Waals surface area contributed by atoms with Gasteiger partial charge in [0.05, 0.1) is 6.20 Å². The van der Waals surface area contributed by atoms with Crippen LogP contribution in [-0.2, 0) is 16.6 Å². The molecular formula is C9H16ClF3N4O2S. The first kappa shape index (κ1) is 19.2. The van der Waals surface area contributed by atoms with Crippen LogP contribution in [0.15, 0.2) is 17.3 Å². The minimum Gasteiger partial charge on any atom is -0.329 e. The molecule has 1 unspecified atom stereocenters. The molecule has 0 bridgehead atoms. The first-order valence-corrected chi connectivity index (χ1v) is 6.79. The fraction of sp³-hybridized carbons (Fsp3) is 0.667. The van der Waals surface area contributed by atoms with Crippen molar-refractivity contribution in [2.45, 2.75) is 30.6 Å². The van der Waals surface area contributed by atoms with Crippen LogP contribution in [0, 0.1) is 0 Å². The summed E-state index contributed by atoms with van der Waals surface area (Å²) in [5, 5.41) is 3.39. The number of likely N-dealkylation sites (N-methyl/N-ethyl adjacent to an activating group) is 1. The summed E-state index contributed by atoms with van der Waals surface area (Å²) in [6.07, 6.45) is -2.72. The number of sulfonamides is 1. The van der Waals surface area contributed by atoms with Gasteiger partial charge in [-0.05, 0) is 6.92 Å². The molecular weight excluding hydrogens is 321 g/mol. The van der Waals surface area contributed by atoms with Gasteiger partial charge in [0, 0.05) is 25.8 Å². The second-order valence-electron chi connectivity index (χ2n) is 4.09. The maximum atomic E-state index is 12.2. The van der Waals surface area contributed by atoms with Gasteiger partial charge in [-0.3, -0.25) is 4.68 Å². The molecule has 0 spiro atoms. The van der Waals surface area contributed by atoms with Crippen molar-refractivity contribution >= 4 is 22.4 Å². The Kier molecular flexibility index (Phi) is 6.46. The molecule has 0 amide bonds. The van der Waals surface area contributed by atoms with E-state index in [1.165, 1.54) is 7.05 Å². The Labute approximate surface area is 121 Å². The third kappa shape index (κ3) is 4.62. The third-order valence-corrected chi connectivity index (χ3v) is 4.51. The zero-order valence-corrected chi connectivity index (χ0v) is 12.5. The van der Waals surface area contributed by atoms with E-state index in [0.29, 0.717) is 4.68 Å². The minimum atomic E-state index is -4.45. The van der Waals surface area contributed by atoms with E-state index < -0.39 is 28.8 Å². The number of hydrogen-bond acceptors (Lipinski definition) is 4. The average molecular weight is 337 g/mol. The standard InChI is InChI=1S/C9H15F3N4O2S.ClH/c1-7(3-13)15(2)19(17,18)8-4-14-16(5-8)6-9(10,11)12;/h4-5,7H,3,6,13H2,1-2H3;1H. The molecule has 6 nitrogen and oxygen atoms in total. The van der Waals surface area contributed by atoms with Crippen LogP contribution in [0.4, 0.5) is 13.2 Å². The molecule has 2 N–H and O–H groups in total. The molecule has 0 aliphatic carbocycles. The van der Waals surface area contributed by atoms with Crippen molar-refractivity contribution in [3.8, 4) is 0 Å². The van der Waals surface area contributed by atoms with Gasteiger partial charge in [0.1, 0.15) is 11.4 Å². The van der Waals surface area contributed by atoms with E-state index in [1.807, 2.05) is 0 Å². The van der Waals surface area contributed by atoms with Gasteiger partial charge in [-0.1, -0.05) is 0 Å². The summed E-state index contributed by atoms with van der Waals surface area (Å²) < 4.78 is 62.1. The molecule has 118 valence electrons. The topological polar surface area (TPSA) is 81.2 Å². The van der Waals surface area contributed by atoms with E-state index >= 15 is 0 Å². The number of hydrogen-bond donors (Lipinski definition) is 1. The summed E-state index contributed by atoms with van der Waals surface area (Å²) >= 11 is 0. The van der Waals surface area contributed by atoms with Crippen molar-refractivity contribution in [2.24, 2.45) is 5.73 Å². The maximum Gasteiger partial charge on any atom is 0.408 e. The Bertz CT molecular complexity index is 532. The Balaban J connectivity index is 0.00000361. The molecule has 0 fully saturated rings. The number of nitrogens with zero attached hydrogens (tertiary/aromatic N) is 3. The van der Waals surface area contributed by atoms with E-state index in [4.69, 9.17) is 5.73 Å². The Hall–Kier alpha value is -0.840. The van der Waals surface area contributed by atoms with Crippen molar-refractivity contribution in [3.05, 3.63) is 12.4 Å². The summed E-state index contributed by atoms with van der Waals surface area (Å²) in [5.41, 5.74) is 5.36. The van der Waals surface area contributed by atoms with E-state index in [9.17, 15) is 21.6 Å². The lowest BCUT2D eigenvalue weighted by Crippen LogP contribution is -2.39. The Morgan fingerprint density at radius 1 is 1.50 bits per heavy atom. The molecule has 20 heavy (non-hydrogen) atoms. The number of nitrogens with two attached hydrogens (primary N) is 1. The zero-order chi connectivity index (χ0) is 14.8. The Morgan fingerprint density at radius 2 is 2.05 bits per heavy atom. The lowest BCUT2D eigenvalue weighted by molar-refractivity contribution is -0.142. The fourth-order valence-corrected chi connectivity index (χ4v) is 2.63. The number of rotatable bonds is 5. The van der Waals surface area contributed by atoms with Crippen molar-refractivity contribution in [1.29, 1.82) is 0 Å². The van der Waals surface area contributed by atoms with Gasteiger partial charge in [0.25, 0.3) is 0 Å². The molecule has 1 heterocycles. The van der Waals surface area contributed by atoms with Gasteiger partial charge in [0.2, 0.25) is 10.0 Å². The number of halogens is 4. The predicted molar refractivity (Wildman–Crippen MR) is 69.0 cm³/mol. The van der Waals surface area contributed by atoms with Crippen LogP contribution < -0.4 is 5.73 Å². The molecule has 1 aromatic rings. The normalized spacial score (nSPS) is 14.2. The van der Waals surface area contributed by atoms with E-state index in [0.717, 1.165) is 16.7 Å². The summed E-state index contributed by atoms with van der Waals surface area (Å²) in [7, 11) is -2.57. The maximum absolute atomic E-state index is 12.2. The van der Waals surface area contributed by atoms with Crippen LogP contribution in [0.5, 0.6) is 0 Å². The van der Waals surface area contributed by atoms with Crippen LogP contribution in [0.1, 0.15) is 6.92 Å². The lowest BCUT2D eigenvalue weighted by atomic mass is 10.4. The van der Waals surface area contributed by atoms with Crippen LogP contribution in [-0.4, -0.2) is 48.3 Å². The summed E-state index contributed by atoms with van der Waals surface area (Å²) in [5.74, 6) is 0. The van der Waals surface area contributed by atoms with Crippen LogP contribution in [0.3, 0.4) is 0 Å². The summed E-state index contributed by atoms with van der Waals surface area (Å²) in [6.45, 7) is 0.364. The lowest BCUT2D eigenvalue weighted by Gasteiger charge is -2.21. The summed E-state index contributed by atoms with van der Waals surface area (Å²) in [4.78, 5) is -0.292. The molecule has 0 radical (unpaired) electrons. The van der Waals surface area contributed by atoms with Crippen molar-refractivity contribution in [1.82, 2.24) is 14.1 Å².